The number of carbonyl (C=O) groups is 1. The largest absolute Gasteiger partial charge is 0.446 e. The van der Waals surface area contributed by atoms with Gasteiger partial charge in [-0.25, -0.2) is 4.98 Å². The van der Waals surface area contributed by atoms with Crippen molar-refractivity contribution in [3.05, 3.63) is 53.2 Å². The molecule has 5 nitrogen and oxygen atoms in total. The molecule has 146 valence electrons. The van der Waals surface area contributed by atoms with Gasteiger partial charge in [-0.15, -0.1) is 0 Å². The summed E-state index contributed by atoms with van der Waals surface area (Å²) in [6, 6.07) is 11.1. The van der Waals surface area contributed by atoms with Gasteiger partial charge in [-0.3, -0.25) is 9.69 Å². The second-order valence-electron chi connectivity index (χ2n) is 7.77. The third-order valence-electron chi connectivity index (χ3n) is 5.46. The summed E-state index contributed by atoms with van der Waals surface area (Å²) in [5.74, 6) is 2.24. The van der Waals surface area contributed by atoms with Crippen LogP contribution in [0.5, 0.6) is 0 Å². The van der Waals surface area contributed by atoms with Crippen LogP contribution in [0.25, 0.3) is 0 Å². The SMILES string of the molecule is Cc1nc(CCC(=O)N2CCN(C(c3ccccc3)C(C)C)CC2)oc1C. The Kier molecular flexibility index (Phi) is 6.32. The molecule has 1 aromatic carbocycles. The van der Waals surface area contributed by atoms with Crippen LogP contribution in [0.4, 0.5) is 0 Å². The number of rotatable bonds is 6. The van der Waals surface area contributed by atoms with E-state index in [0.717, 1.165) is 37.6 Å². The molecule has 5 heteroatoms. The van der Waals surface area contributed by atoms with Crippen molar-refractivity contribution in [2.24, 2.45) is 5.92 Å². The van der Waals surface area contributed by atoms with Crippen molar-refractivity contribution in [2.75, 3.05) is 26.2 Å². The predicted molar refractivity (Wildman–Crippen MR) is 106 cm³/mol. The molecule has 0 aliphatic carbocycles. The van der Waals surface area contributed by atoms with Gasteiger partial charge in [0.25, 0.3) is 0 Å². The van der Waals surface area contributed by atoms with Gasteiger partial charge in [-0.1, -0.05) is 44.2 Å². The Morgan fingerprint density at radius 2 is 1.78 bits per heavy atom. The minimum absolute atomic E-state index is 0.198. The van der Waals surface area contributed by atoms with Gasteiger partial charge in [0.1, 0.15) is 5.76 Å². The first-order valence-electron chi connectivity index (χ1n) is 9.95. The van der Waals surface area contributed by atoms with Crippen molar-refractivity contribution in [3.8, 4) is 0 Å². The van der Waals surface area contributed by atoms with E-state index in [2.05, 4.69) is 54.1 Å². The fraction of sp³-hybridized carbons (Fsp3) is 0.545. The number of aryl methyl sites for hydroxylation is 3. The molecule has 0 saturated carbocycles. The quantitative estimate of drug-likeness (QED) is 0.778. The van der Waals surface area contributed by atoms with Crippen LogP contribution in [0.1, 0.15) is 49.2 Å². The average Bonchev–Trinajstić information content (AvgIpc) is 2.99. The Hall–Kier alpha value is -2.14. The van der Waals surface area contributed by atoms with Crippen LogP contribution in [-0.2, 0) is 11.2 Å². The summed E-state index contributed by atoms with van der Waals surface area (Å²) in [6.45, 7) is 11.8. The molecular formula is C22H31N3O2. The first kappa shape index (κ1) is 19.6. The predicted octanol–water partition coefficient (Wildman–Crippen LogP) is 3.77. The first-order valence-corrected chi connectivity index (χ1v) is 9.95. The maximum Gasteiger partial charge on any atom is 0.223 e. The van der Waals surface area contributed by atoms with E-state index in [1.54, 1.807) is 0 Å². The monoisotopic (exact) mass is 369 g/mol. The van der Waals surface area contributed by atoms with Crippen LogP contribution in [0, 0.1) is 19.8 Å². The number of hydrogen-bond acceptors (Lipinski definition) is 4. The van der Waals surface area contributed by atoms with Crippen LogP contribution in [-0.4, -0.2) is 46.9 Å². The summed E-state index contributed by atoms with van der Waals surface area (Å²) >= 11 is 0. The van der Waals surface area contributed by atoms with Crippen molar-refractivity contribution < 1.29 is 9.21 Å². The number of nitrogens with zero attached hydrogens (tertiary/aromatic N) is 3. The third-order valence-corrected chi connectivity index (χ3v) is 5.46. The van der Waals surface area contributed by atoms with E-state index in [1.807, 2.05) is 18.7 Å². The third kappa shape index (κ3) is 4.78. The number of piperazine rings is 1. The molecule has 1 amide bonds. The lowest BCUT2D eigenvalue weighted by Crippen LogP contribution is -2.50. The highest BCUT2D eigenvalue weighted by molar-refractivity contribution is 5.76. The van der Waals surface area contributed by atoms with E-state index in [1.165, 1.54) is 5.56 Å². The molecule has 1 atom stereocenters. The Morgan fingerprint density at radius 3 is 2.33 bits per heavy atom. The zero-order valence-corrected chi connectivity index (χ0v) is 16.9. The van der Waals surface area contributed by atoms with Crippen LogP contribution in [0.2, 0.25) is 0 Å². The Bertz CT molecular complexity index is 727. The Morgan fingerprint density at radius 1 is 1.11 bits per heavy atom. The molecule has 1 unspecified atom stereocenters. The molecule has 2 aromatic rings. The summed E-state index contributed by atoms with van der Waals surface area (Å²) in [5.41, 5.74) is 2.27. The zero-order valence-electron chi connectivity index (χ0n) is 16.9. The summed E-state index contributed by atoms with van der Waals surface area (Å²) in [6.07, 6.45) is 1.04. The van der Waals surface area contributed by atoms with Gasteiger partial charge in [0, 0.05) is 45.1 Å². The highest BCUT2D eigenvalue weighted by Crippen LogP contribution is 2.29. The van der Waals surface area contributed by atoms with Gasteiger partial charge in [0.15, 0.2) is 5.89 Å². The molecular weight excluding hydrogens is 338 g/mol. The lowest BCUT2D eigenvalue weighted by molar-refractivity contribution is -0.133. The highest BCUT2D eigenvalue weighted by Gasteiger charge is 2.28. The van der Waals surface area contributed by atoms with E-state index >= 15 is 0 Å². The van der Waals surface area contributed by atoms with Crippen molar-refractivity contribution in [3.63, 3.8) is 0 Å². The topological polar surface area (TPSA) is 49.6 Å². The van der Waals surface area contributed by atoms with Gasteiger partial charge >= 0.3 is 0 Å². The summed E-state index contributed by atoms with van der Waals surface area (Å²) in [7, 11) is 0. The first-order chi connectivity index (χ1) is 13.0. The van der Waals surface area contributed by atoms with Crippen molar-refractivity contribution in [1.82, 2.24) is 14.8 Å². The van der Waals surface area contributed by atoms with Gasteiger partial charge in [0.05, 0.1) is 5.69 Å². The van der Waals surface area contributed by atoms with Crippen LogP contribution in [0.3, 0.4) is 0 Å². The minimum atomic E-state index is 0.198. The number of benzene rings is 1. The number of amides is 1. The van der Waals surface area contributed by atoms with E-state index < -0.39 is 0 Å². The lowest BCUT2D eigenvalue weighted by Gasteiger charge is -2.41. The van der Waals surface area contributed by atoms with E-state index in [0.29, 0.717) is 30.7 Å². The fourth-order valence-electron chi connectivity index (χ4n) is 3.94. The molecule has 0 radical (unpaired) electrons. The molecule has 1 fully saturated rings. The molecule has 0 bridgehead atoms. The summed E-state index contributed by atoms with van der Waals surface area (Å²) in [5, 5.41) is 0. The number of hydrogen-bond donors (Lipinski definition) is 0. The summed E-state index contributed by atoms with van der Waals surface area (Å²) in [4.78, 5) is 21.5. The zero-order chi connectivity index (χ0) is 19.4. The molecule has 1 aliphatic heterocycles. The normalized spacial score (nSPS) is 16.7. The molecule has 1 saturated heterocycles. The van der Waals surface area contributed by atoms with E-state index in [-0.39, 0.29) is 5.91 Å². The second kappa shape index (κ2) is 8.70. The maximum absolute atomic E-state index is 12.6. The van der Waals surface area contributed by atoms with Crippen molar-refractivity contribution >= 4 is 5.91 Å². The van der Waals surface area contributed by atoms with E-state index in [9.17, 15) is 4.79 Å². The minimum Gasteiger partial charge on any atom is -0.446 e. The number of aromatic nitrogens is 1. The molecule has 2 heterocycles. The molecule has 1 aliphatic rings. The summed E-state index contributed by atoms with van der Waals surface area (Å²) < 4.78 is 5.59. The lowest BCUT2D eigenvalue weighted by atomic mass is 9.94. The highest BCUT2D eigenvalue weighted by atomic mass is 16.4. The molecule has 27 heavy (non-hydrogen) atoms. The van der Waals surface area contributed by atoms with E-state index in [4.69, 9.17) is 4.42 Å². The van der Waals surface area contributed by atoms with Crippen molar-refractivity contribution in [2.45, 2.75) is 46.6 Å². The second-order valence-corrected chi connectivity index (χ2v) is 7.77. The number of oxazole rings is 1. The van der Waals surface area contributed by atoms with Crippen LogP contribution < -0.4 is 0 Å². The molecule has 1 aromatic heterocycles. The maximum atomic E-state index is 12.6. The number of carbonyl (C=O) groups excluding carboxylic acids is 1. The van der Waals surface area contributed by atoms with Gasteiger partial charge in [-0.2, -0.15) is 0 Å². The fourth-order valence-corrected chi connectivity index (χ4v) is 3.94. The van der Waals surface area contributed by atoms with Gasteiger partial charge in [0.2, 0.25) is 5.91 Å². The average molecular weight is 370 g/mol. The standard InChI is InChI=1S/C22H31N3O2/c1-16(2)22(19-8-6-5-7-9-19)25-14-12-24(13-15-25)21(26)11-10-20-23-17(3)18(4)27-20/h5-9,16,22H,10-15H2,1-4H3. The smallest absolute Gasteiger partial charge is 0.223 e. The van der Waals surface area contributed by atoms with Crippen LogP contribution in [0.15, 0.2) is 34.7 Å². The van der Waals surface area contributed by atoms with Gasteiger partial charge < -0.3 is 9.32 Å². The molecule has 0 N–H and O–H groups in total. The van der Waals surface area contributed by atoms with Crippen LogP contribution >= 0.6 is 0 Å². The van der Waals surface area contributed by atoms with Gasteiger partial charge in [-0.05, 0) is 25.3 Å². The van der Waals surface area contributed by atoms with Crippen molar-refractivity contribution in [1.29, 1.82) is 0 Å². The Balaban J connectivity index is 1.53. The molecule has 0 spiro atoms. The molecule has 3 rings (SSSR count). The Labute approximate surface area is 162 Å².